The highest BCUT2D eigenvalue weighted by molar-refractivity contribution is 9.10. The van der Waals surface area contributed by atoms with Gasteiger partial charge in [-0.05, 0) is 104 Å². The van der Waals surface area contributed by atoms with E-state index in [9.17, 15) is 19.1 Å². The number of likely N-dealkylation sites (N-methyl/N-ethyl adjacent to an activating group) is 1. The largest absolute Gasteiger partial charge is 0.508 e. The summed E-state index contributed by atoms with van der Waals surface area (Å²) >= 11 is 3.62. The first kappa shape index (κ1) is 33.7. The lowest BCUT2D eigenvalue weighted by Gasteiger charge is -2.41. The monoisotopic (exact) mass is 735 g/mol. The Kier molecular flexibility index (Phi) is 9.59. The maximum Gasteiger partial charge on any atom is 0.264 e. The molecule has 1 atom stereocenters. The van der Waals surface area contributed by atoms with E-state index in [2.05, 4.69) is 51.0 Å². The van der Waals surface area contributed by atoms with E-state index >= 15 is 0 Å². The van der Waals surface area contributed by atoms with Crippen LogP contribution in [0.5, 0.6) is 5.75 Å². The van der Waals surface area contributed by atoms with Gasteiger partial charge >= 0.3 is 0 Å². The molecular weight excluding hydrogens is 697 g/mol. The van der Waals surface area contributed by atoms with E-state index in [1.807, 2.05) is 40.7 Å². The van der Waals surface area contributed by atoms with Crippen LogP contribution in [0.1, 0.15) is 37.5 Å². The molecule has 10 heteroatoms. The van der Waals surface area contributed by atoms with Gasteiger partial charge in [-0.25, -0.2) is 4.39 Å². The minimum absolute atomic E-state index is 0.00905. The van der Waals surface area contributed by atoms with E-state index in [0.29, 0.717) is 34.7 Å². The number of carbonyl (C=O) groups excluding carboxylic acids is 2. The number of amides is 2. The van der Waals surface area contributed by atoms with Crippen molar-refractivity contribution >= 4 is 39.1 Å². The highest BCUT2D eigenvalue weighted by Gasteiger charge is 2.34. The van der Waals surface area contributed by atoms with Gasteiger partial charge in [0.25, 0.3) is 11.8 Å². The first-order chi connectivity index (χ1) is 24.1. The number of halogens is 2. The molecule has 1 N–H and O–H groups in total. The number of phenols is 1. The number of aromatic hydroxyl groups is 1. The van der Waals surface area contributed by atoms with Gasteiger partial charge in [0.2, 0.25) is 0 Å². The van der Waals surface area contributed by atoms with Crippen LogP contribution in [0, 0.1) is 12.7 Å². The molecule has 2 aliphatic rings. The van der Waals surface area contributed by atoms with Crippen molar-refractivity contribution in [1.82, 2.24) is 19.3 Å². The zero-order chi connectivity index (χ0) is 34.9. The molecule has 256 valence electrons. The van der Waals surface area contributed by atoms with Gasteiger partial charge < -0.3 is 19.5 Å². The van der Waals surface area contributed by atoms with E-state index in [4.69, 9.17) is 0 Å². The minimum Gasteiger partial charge on any atom is -0.508 e. The average Bonchev–Trinajstić information content (AvgIpc) is 3.51. The van der Waals surface area contributed by atoms with Crippen LogP contribution in [0.15, 0.2) is 108 Å². The van der Waals surface area contributed by atoms with Crippen LogP contribution in [0.2, 0.25) is 0 Å². The van der Waals surface area contributed by atoms with Crippen molar-refractivity contribution in [3.05, 3.63) is 141 Å². The van der Waals surface area contributed by atoms with Gasteiger partial charge in [0.1, 0.15) is 11.6 Å². The zero-order valence-electron chi connectivity index (χ0n) is 28.1. The number of anilines is 2. The summed E-state index contributed by atoms with van der Waals surface area (Å²) in [4.78, 5) is 37.3. The predicted molar refractivity (Wildman–Crippen MR) is 197 cm³/mol. The van der Waals surface area contributed by atoms with Crippen LogP contribution < -0.4 is 4.90 Å². The summed E-state index contributed by atoms with van der Waals surface area (Å²) < 4.78 is 16.6. The quantitative estimate of drug-likeness (QED) is 0.192. The highest BCUT2D eigenvalue weighted by atomic mass is 79.9. The van der Waals surface area contributed by atoms with Crippen molar-refractivity contribution in [3.8, 4) is 11.4 Å². The third-order valence-corrected chi connectivity index (χ3v) is 10.3. The number of hydrogen-bond acceptors (Lipinski definition) is 5. The standard InChI is InChI=1S/C40H39BrFN5O3/c1-27-21-30(39(49)47(33-10-8-32(42)9-11-33)34-12-14-36(48)15-13-34)25-45(27)38-23-31(41)7-16-37(38)40(50)46-24-29-6-4-3-5-28(29)22-35(46)26-44-19-17-43(2)18-20-44/h3-16,21,23,25,35,48H,17-20,22,24,26H2,1-2H3/t35-/m0/s1. The Bertz CT molecular complexity index is 1980. The molecular formula is C40H39BrFN5O3. The fourth-order valence-electron chi connectivity index (χ4n) is 7.01. The van der Waals surface area contributed by atoms with Gasteiger partial charge in [0.05, 0.1) is 16.8 Å². The fourth-order valence-corrected chi connectivity index (χ4v) is 7.36. The summed E-state index contributed by atoms with van der Waals surface area (Å²) in [5.41, 5.74) is 5.80. The summed E-state index contributed by atoms with van der Waals surface area (Å²) in [6, 6.07) is 27.8. The molecule has 2 amide bonds. The average molecular weight is 737 g/mol. The number of nitrogens with zero attached hydrogens (tertiary/aromatic N) is 5. The third kappa shape index (κ3) is 6.96. The molecule has 0 bridgehead atoms. The topological polar surface area (TPSA) is 72.3 Å². The first-order valence-corrected chi connectivity index (χ1v) is 17.6. The van der Waals surface area contributed by atoms with Crippen molar-refractivity contribution in [2.45, 2.75) is 25.9 Å². The molecule has 1 fully saturated rings. The fraction of sp³-hybridized carbons (Fsp3) is 0.250. The number of benzene rings is 4. The summed E-state index contributed by atoms with van der Waals surface area (Å²) in [5.74, 6) is -0.744. The number of hydrogen-bond donors (Lipinski definition) is 1. The lowest BCUT2D eigenvalue weighted by atomic mass is 9.92. The Balaban J connectivity index is 1.24. The van der Waals surface area contributed by atoms with Gasteiger partial charge in [-0.3, -0.25) is 19.4 Å². The van der Waals surface area contributed by atoms with Crippen molar-refractivity contribution in [1.29, 1.82) is 0 Å². The number of piperazine rings is 1. The molecule has 0 saturated carbocycles. The molecule has 7 rings (SSSR count). The number of aromatic nitrogens is 1. The first-order valence-electron chi connectivity index (χ1n) is 16.8. The summed E-state index contributed by atoms with van der Waals surface area (Å²) in [6.45, 7) is 7.19. The van der Waals surface area contributed by atoms with Crippen molar-refractivity contribution < 1.29 is 19.1 Å². The van der Waals surface area contributed by atoms with Crippen molar-refractivity contribution in [3.63, 3.8) is 0 Å². The smallest absolute Gasteiger partial charge is 0.264 e. The maximum absolute atomic E-state index is 14.7. The van der Waals surface area contributed by atoms with Crippen LogP contribution in [-0.2, 0) is 13.0 Å². The Labute approximate surface area is 300 Å². The maximum atomic E-state index is 14.7. The third-order valence-electron chi connectivity index (χ3n) is 9.79. The molecule has 0 aliphatic carbocycles. The van der Waals surface area contributed by atoms with Crippen LogP contribution in [0.3, 0.4) is 0 Å². The second kappa shape index (κ2) is 14.2. The van der Waals surface area contributed by atoms with Crippen LogP contribution in [-0.4, -0.2) is 82.0 Å². The van der Waals surface area contributed by atoms with E-state index in [-0.39, 0.29) is 23.6 Å². The molecule has 1 saturated heterocycles. The Hall–Kier alpha value is -4.77. The van der Waals surface area contributed by atoms with Crippen LogP contribution >= 0.6 is 15.9 Å². The summed E-state index contributed by atoms with van der Waals surface area (Å²) in [5, 5.41) is 9.92. The molecule has 0 spiro atoms. The molecule has 8 nitrogen and oxygen atoms in total. The van der Waals surface area contributed by atoms with Gasteiger partial charge in [0.15, 0.2) is 0 Å². The number of phenolic OH excluding ortho intramolecular Hbond substituents is 1. The zero-order valence-corrected chi connectivity index (χ0v) is 29.7. The van der Waals surface area contributed by atoms with Crippen molar-refractivity contribution in [2.24, 2.45) is 0 Å². The Morgan fingerprint density at radius 2 is 1.54 bits per heavy atom. The normalized spacial score (nSPS) is 16.6. The Morgan fingerprint density at radius 1 is 0.880 bits per heavy atom. The molecule has 2 aliphatic heterocycles. The number of fused-ring (bicyclic) bond motifs is 1. The van der Waals surface area contributed by atoms with Gasteiger partial charge in [0, 0.05) is 73.0 Å². The van der Waals surface area contributed by atoms with Gasteiger partial charge in [-0.2, -0.15) is 0 Å². The molecule has 0 radical (unpaired) electrons. The summed E-state index contributed by atoms with van der Waals surface area (Å²) in [6.07, 6.45) is 2.54. The van der Waals surface area contributed by atoms with Crippen molar-refractivity contribution in [2.75, 3.05) is 44.7 Å². The second-order valence-corrected chi connectivity index (χ2v) is 14.1. The molecule has 4 aromatic carbocycles. The second-order valence-electron chi connectivity index (χ2n) is 13.2. The van der Waals surface area contributed by atoms with Gasteiger partial charge in [-0.15, -0.1) is 0 Å². The molecule has 3 heterocycles. The lowest BCUT2D eigenvalue weighted by molar-refractivity contribution is 0.0535. The SMILES string of the molecule is Cc1cc(C(=O)N(c2ccc(O)cc2)c2ccc(F)cc2)cn1-c1cc(Br)ccc1C(=O)N1Cc2ccccc2C[C@H]1CN1CCN(C)CC1. The van der Waals surface area contributed by atoms with Crippen LogP contribution in [0.4, 0.5) is 15.8 Å². The molecule has 0 unspecified atom stereocenters. The van der Waals surface area contributed by atoms with Gasteiger partial charge in [-0.1, -0.05) is 40.2 Å². The number of aryl methyl sites for hydroxylation is 1. The van der Waals surface area contributed by atoms with Crippen LogP contribution in [0.25, 0.3) is 5.69 Å². The van der Waals surface area contributed by atoms with E-state index in [1.54, 1.807) is 36.5 Å². The number of rotatable bonds is 7. The summed E-state index contributed by atoms with van der Waals surface area (Å²) in [7, 11) is 2.15. The number of carbonyl (C=O) groups is 2. The van der Waals surface area contributed by atoms with E-state index in [0.717, 1.165) is 54.9 Å². The van der Waals surface area contributed by atoms with E-state index < -0.39 is 5.82 Å². The lowest BCUT2D eigenvalue weighted by Crippen LogP contribution is -2.53. The Morgan fingerprint density at radius 3 is 2.24 bits per heavy atom. The minimum atomic E-state index is -0.413. The molecule has 1 aromatic heterocycles. The highest BCUT2D eigenvalue weighted by Crippen LogP contribution is 2.33. The van der Waals surface area contributed by atoms with E-state index in [1.165, 1.54) is 34.7 Å². The predicted octanol–water partition coefficient (Wildman–Crippen LogP) is 7.19. The molecule has 5 aromatic rings. The molecule has 50 heavy (non-hydrogen) atoms.